The van der Waals surface area contributed by atoms with Crippen molar-refractivity contribution in [2.45, 2.75) is 56.8 Å². The minimum Gasteiger partial charge on any atom is -0.392 e. The lowest BCUT2D eigenvalue weighted by atomic mass is 9.85. The SMILES string of the molecule is OC(CNC1CCC(C(F)(F)F)CC1)C1CC1. The van der Waals surface area contributed by atoms with Crippen LogP contribution < -0.4 is 5.32 Å². The van der Waals surface area contributed by atoms with Crippen LogP contribution in [0, 0.1) is 11.8 Å². The molecule has 0 aromatic carbocycles. The molecular formula is C12H20F3NO. The van der Waals surface area contributed by atoms with Crippen molar-refractivity contribution in [2.75, 3.05) is 6.54 Å². The lowest BCUT2D eigenvalue weighted by molar-refractivity contribution is -0.182. The fourth-order valence-electron chi connectivity index (χ4n) is 2.56. The first-order valence-electron chi connectivity index (χ1n) is 6.45. The van der Waals surface area contributed by atoms with Gasteiger partial charge in [-0.3, -0.25) is 0 Å². The van der Waals surface area contributed by atoms with E-state index in [1.54, 1.807) is 0 Å². The quantitative estimate of drug-likeness (QED) is 0.804. The summed E-state index contributed by atoms with van der Waals surface area (Å²) in [4.78, 5) is 0. The Bertz CT molecular complexity index is 245. The Morgan fingerprint density at radius 1 is 1.06 bits per heavy atom. The van der Waals surface area contributed by atoms with Crippen LogP contribution in [0.4, 0.5) is 13.2 Å². The molecule has 100 valence electrons. The molecule has 0 saturated heterocycles. The van der Waals surface area contributed by atoms with Crippen molar-refractivity contribution < 1.29 is 18.3 Å². The van der Waals surface area contributed by atoms with Crippen molar-refractivity contribution in [1.29, 1.82) is 0 Å². The second kappa shape index (κ2) is 5.14. The van der Waals surface area contributed by atoms with Gasteiger partial charge in [-0.15, -0.1) is 0 Å². The van der Waals surface area contributed by atoms with Crippen LogP contribution >= 0.6 is 0 Å². The molecule has 2 rings (SSSR count). The first-order valence-corrected chi connectivity index (χ1v) is 6.45. The summed E-state index contributed by atoms with van der Waals surface area (Å²) in [6, 6.07) is 0.155. The molecule has 2 aliphatic carbocycles. The molecular weight excluding hydrogens is 231 g/mol. The van der Waals surface area contributed by atoms with Crippen LogP contribution in [0.1, 0.15) is 38.5 Å². The van der Waals surface area contributed by atoms with E-state index < -0.39 is 12.1 Å². The zero-order chi connectivity index (χ0) is 12.5. The molecule has 5 heteroatoms. The summed E-state index contributed by atoms with van der Waals surface area (Å²) in [7, 11) is 0. The van der Waals surface area contributed by atoms with Gasteiger partial charge in [0.15, 0.2) is 0 Å². The third-order valence-electron chi connectivity index (χ3n) is 3.97. The van der Waals surface area contributed by atoms with E-state index in [1.807, 2.05) is 0 Å². The Labute approximate surface area is 99.6 Å². The third kappa shape index (κ3) is 3.85. The summed E-state index contributed by atoms with van der Waals surface area (Å²) in [5, 5.41) is 12.9. The fourth-order valence-corrected chi connectivity index (χ4v) is 2.56. The molecule has 2 N–H and O–H groups in total. The standard InChI is InChI=1S/C12H20F3NO/c13-12(14,15)9-3-5-10(6-4-9)16-7-11(17)8-1-2-8/h8-11,16-17H,1-7H2. The second-order valence-electron chi connectivity index (χ2n) is 5.40. The molecule has 0 radical (unpaired) electrons. The highest BCUT2D eigenvalue weighted by atomic mass is 19.4. The van der Waals surface area contributed by atoms with Crippen LogP contribution in [0.25, 0.3) is 0 Å². The molecule has 2 nitrogen and oxygen atoms in total. The van der Waals surface area contributed by atoms with E-state index >= 15 is 0 Å². The molecule has 17 heavy (non-hydrogen) atoms. The maximum Gasteiger partial charge on any atom is 0.391 e. The van der Waals surface area contributed by atoms with Crippen molar-refractivity contribution in [1.82, 2.24) is 5.32 Å². The Hall–Kier alpha value is -0.290. The summed E-state index contributed by atoms with van der Waals surface area (Å²) >= 11 is 0. The van der Waals surface area contributed by atoms with E-state index in [9.17, 15) is 18.3 Å². The average Bonchev–Trinajstić information content (AvgIpc) is 3.09. The van der Waals surface area contributed by atoms with E-state index in [0.29, 0.717) is 25.3 Å². The van der Waals surface area contributed by atoms with Crippen molar-refractivity contribution in [3.05, 3.63) is 0 Å². The number of alkyl halides is 3. The number of halogens is 3. The number of aliphatic hydroxyl groups excluding tert-OH is 1. The second-order valence-corrected chi connectivity index (χ2v) is 5.40. The molecule has 1 atom stereocenters. The Balaban J connectivity index is 1.65. The summed E-state index contributed by atoms with van der Waals surface area (Å²) in [5.41, 5.74) is 0. The molecule has 2 aliphatic rings. The number of hydrogen-bond acceptors (Lipinski definition) is 2. The highest BCUT2D eigenvalue weighted by Gasteiger charge is 2.41. The lowest BCUT2D eigenvalue weighted by Crippen LogP contribution is -2.40. The minimum atomic E-state index is -4.03. The van der Waals surface area contributed by atoms with E-state index in [0.717, 1.165) is 12.8 Å². The molecule has 0 aromatic heterocycles. The highest BCUT2D eigenvalue weighted by molar-refractivity contribution is 4.85. The summed E-state index contributed by atoms with van der Waals surface area (Å²) in [6.45, 7) is 0.534. The van der Waals surface area contributed by atoms with Crippen LogP contribution in [0.3, 0.4) is 0 Å². The van der Waals surface area contributed by atoms with Gasteiger partial charge >= 0.3 is 6.18 Å². The predicted octanol–water partition coefficient (Wildman–Crippen LogP) is 2.47. The molecule has 0 spiro atoms. The molecule has 0 aliphatic heterocycles. The Morgan fingerprint density at radius 3 is 2.12 bits per heavy atom. The number of aliphatic hydroxyl groups is 1. The van der Waals surface area contributed by atoms with Crippen molar-refractivity contribution in [3.63, 3.8) is 0 Å². The van der Waals surface area contributed by atoms with Crippen molar-refractivity contribution >= 4 is 0 Å². The van der Waals surface area contributed by atoms with Crippen LogP contribution in [-0.4, -0.2) is 30.0 Å². The van der Waals surface area contributed by atoms with Gasteiger partial charge in [-0.1, -0.05) is 0 Å². The largest absolute Gasteiger partial charge is 0.392 e. The van der Waals surface area contributed by atoms with E-state index in [4.69, 9.17) is 0 Å². The first kappa shape index (κ1) is 13.1. The predicted molar refractivity (Wildman–Crippen MR) is 58.5 cm³/mol. The maximum absolute atomic E-state index is 12.4. The van der Waals surface area contributed by atoms with E-state index in [-0.39, 0.29) is 25.0 Å². The van der Waals surface area contributed by atoms with Crippen LogP contribution in [0.15, 0.2) is 0 Å². The molecule has 0 aromatic rings. The van der Waals surface area contributed by atoms with E-state index in [1.165, 1.54) is 0 Å². The van der Waals surface area contributed by atoms with Crippen molar-refractivity contribution in [2.24, 2.45) is 11.8 Å². The van der Waals surface area contributed by atoms with Gasteiger partial charge in [0.05, 0.1) is 12.0 Å². The molecule has 2 fully saturated rings. The zero-order valence-corrected chi connectivity index (χ0v) is 9.84. The van der Waals surface area contributed by atoms with Gasteiger partial charge < -0.3 is 10.4 Å². The summed E-state index contributed by atoms with van der Waals surface area (Å²) in [6.07, 6.45) is -0.577. The monoisotopic (exact) mass is 251 g/mol. The molecule has 0 bridgehead atoms. The van der Waals surface area contributed by atoms with Gasteiger partial charge in [0, 0.05) is 12.6 Å². The van der Waals surface area contributed by atoms with Gasteiger partial charge in [0.1, 0.15) is 0 Å². The topological polar surface area (TPSA) is 32.3 Å². The molecule has 0 heterocycles. The highest BCUT2D eigenvalue weighted by Crippen LogP contribution is 2.37. The maximum atomic E-state index is 12.4. The van der Waals surface area contributed by atoms with Crippen molar-refractivity contribution in [3.8, 4) is 0 Å². The summed E-state index contributed by atoms with van der Waals surface area (Å²) < 4.78 is 37.3. The Morgan fingerprint density at radius 2 is 1.65 bits per heavy atom. The van der Waals surface area contributed by atoms with Gasteiger partial charge in [0.25, 0.3) is 0 Å². The molecule has 2 saturated carbocycles. The van der Waals surface area contributed by atoms with Crippen LogP contribution in [0.5, 0.6) is 0 Å². The summed E-state index contributed by atoms with van der Waals surface area (Å²) in [5.74, 6) is -0.692. The third-order valence-corrected chi connectivity index (χ3v) is 3.97. The zero-order valence-electron chi connectivity index (χ0n) is 9.84. The molecule has 1 unspecified atom stereocenters. The van der Waals surface area contributed by atoms with Crippen LogP contribution in [-0.2, 0) is 0 Å². The molecule has 0 amide bonds. The van der Waals surface area contributed by atoms with Gasteiger partial charge in [-0.05, 0) is 44.4 Å². The smallest absolute Gasteiger partial charge is 0.391 e. The Kier molecular flexibility index (Phi) is 3.98. The minimum absolute atomic E-state index is 0.155. The number of rotatable bonds is 4. The lowest BCUT2D eigenvalue weighted by Gasteiger charge is -2.30. The normalized spacial score (nSPS) is 32.5. The number of hydrogen-bond donors (Lipinski definition) is 2. The number of nitrogens with one attached hydrogen (secondary N) is 1. The van der Waals surface area contributed by atoms with E-state index in [2.05, 4.69) is 5.32 Å². The van der Waals surface area contributed by atoms with Gasteiger partial charge in [-0.25, -0.2) is 0 Å². The first-order chi connectivity index (χ1) is 7.97. The van der Waals surface area contributed by atoms with Gasteiger partial charge in [-0.2, -0.15) is 13.2 Å². The van der Waals surface area contributed by atoms with Gasteiger partial charge in [0.2, 0.25) is 0 Å². The fraction of sp³-hybridized carbons (Fsp3) is 1.00. The van der Waals surface area contributed by atoms with Crippen LogP contribution in [0.2, 0.25) is 0 Å². The average molecular weight is 251 g/mol.